The third kappa shape index (κ3) is 3.74. The zero-order valence-corrected chi connectivity index (χ0v) is 10.5. The summed E-state index contributed by atoms with van der Waals surface area (Å²) in [6, 6.07) is 7.76. The second kappa shape index (κ2) is 6.40. The van der Waals surface area contributed by atoms with Crippen molar-refractivity contribution < 1.29 is 9.90 Å². The lowest BCUT2D eigenvalue weighted by molar-refractivity contribution is 0.248. The monoisotopic (exact) mass is 248 g/mol. The first-order chi connectivity index (χ1) is 8.78. The Kier molecular flexibility index (Phi) is 4.59. The molecule has 0 atom stereocenters. The van der Waals surface area contributed by atoms with Crippen LogP contribution in [0.15, 0.2) is 24.3 Å². The Morgan fingerprint density at radius 2 is 1.89 bits per heavy atom. The molecule has 1 aromatic carbocycles. The summed E-state index contributed by atoms with van der Waals surface area (Å²) >= 11 is 0. The summed E-state index contributed by atoms with van der Waals surface area (Å²) in [6.07, 6.45) is 5.24. The largest absolute Gasteiger partial charge is 0.396 e. The Bertz CT molecular complexity index is 383. The Hall–Kier alpha value is -1.55. The van der Waals surface area contributed by atoms with Crippen LogP contribution in [0.5, 0.6) is 0 Å². The van der Waals surface area contributed by atoms with Gasteiger partial charge in [0.25, 0.3) is 0 Å². The van der Waals surface area contributed by atoms with E-state index in [9.17, 15) is 4.79 Å². The molecule has 18 heavy (non-hydrogen) atoms. The number of aliphatic hydroxyl groups is 1. The van der Waals surface area contributed by atoms with E-state index in [0.717, 1.165) is 24.1 Å². The van der Waals surface area contributed by atoms with Crippen molar-refractivity contribution in [2.24, 2.45) is 0 Å². The number of aliphatic hydroxyl groups excluding tert-OH is 1. The molecule has 1 aliphatic rings. The maximum absolute atomic E-state index is 11.7. The van der Waals surface area contributed by atoms with Crippen molar-refractivity contribution in [2.45, 2.75) is 38.1 Å². The zero-order valence-electron chi connectivity index (χ0n) is 10.5. The summed E-state index contributed by atoms with van der Waals surface area (Å²) in [7, 11) is 0. The van der Waals surface area contributed by atoms with E-state index < -0.39 is 0 Å². The fraction of sp³-hybridized carbons (Fsp3) is 0.500. The molecule has 0 saturated heterocycles. The molecule has 1 aliphatic carbocycles. The predicted octanol–water partition coefficient (Wildman–Crippen LogP) is 2.29. The number of hydrogen-bond donors (Lipinski definition) is 3. The molecule has 0 heterocycles. The molecule has 4 heteroatoms. The first-order valence-electron chi connectivity index (χ1n) is 6.55. The summed E-state index contributed by atoms with van der Waals surface area (Å²) in [5.74, 6) is 0. The lowest BCUT2D eigenvalue weighted by Gasteiger charge is -2.13. The zero-order chi connectivity index (χ0) is 12.8. The average Bonchev–Trinajstić information content (AvgIpc) is 2.84. The summed E-state index contributed by atoms with van der Waals surface area (Å²) in [5.41, 5.74) is 1.85. The van der Waals surface area contributed by atoms with E-state index in [1.54, 1.807) is 0 Å². The van der Waals surface area contributed by atoms with E-state index in [-0.39, 0.29) is 12.6 Å². The number of nitrogens with one attached hydrogen (secondary N) is 2. The number of rotatable bonds is 4. The van der Waals surface area contributed by atoms with Crippen LogP contribution in [-0.2, 0) is 6.42 Å². The van der Waals surface area contributed by atoms with Crippen LogP contribution in [0.4, 0.5) is 10.5 Å². The van der Waals surface area contributed by atoms with Gasteiger partial charge >= 0.3 is 6.03 Å². The van der Waals surface area contributed by atoms with Crippen LogP contribution in [0, 0.1) is 0 Å². The maximum Gasteiger partial charge on any atom is 0.319 e. The number of benzene rings is 1. The first-order valence-corrected chi connectivity index (χ1v) is 6.55. The van der Waals surface area contributed by atoms with Gasteiger partial charge in [-0.3, -0.25) is 0 Å². The van der Waals surface area contributed by atoms with Crippen molar-refractivity contribution in [3.05, 3.63) is 29.8 Å². The highest BCUT2D eigenvalue weighted by Gasteiger charge is 2.16. The van der Waals surface area contributed by atoms with Crippen LogP contribution in [0.25, 0.3) is 0 Å². The van der Waals surface area contributed by atoms with Crippen molar-refractivity contribution >= 4 is 11.7 Å². The minimum Gasteiger partial charge on any atom is -0.396 e. The summed E-state index contributed by atoms with van der Waals surface area (Å²) < 4.78 is 0. The van der Waals surface area contributed by atoms with E-state index in [1.165, 1.54) is 12.8 Å². The van der Waals surface area contributed by atoms with Gasteiger partial charge in [-0.2, -0.15) is 0 Å². The Labute approximate surface area is 107 Å². The van der Waals surface area contributed by atoms with Crippen LogP contribution in [0.1, 0.15) is 31.2 Å². The number of urea groups is 1. The van der Waals surface area contributed by atoms with E-state index >= 15 is 0 Å². The van der Waals surface area contributed by atoms with Crippen LogP contribution in [-0.4, -0.2) is 23.8 Å². The van der Waals surface area contributed by atoms with Gasteiger partial charge < -0.3 is 15.7 Å². The van der Waals surface area contributed by atoms with Gasteiger partial charge in [0.15, 0.2) is 0 Å². The second-order valence-electron chi connectivity index (χ2n) is 4.75. The molecule has 1 aromatic rings. The van der Waals surface area contributed by atoms with Crippen molar-refractivity contribution in [3.8, 4) is 0 Å². The number of anilines is 1. The second-order valence-corrected chi connectivity index (χ2v) is 4.75. The van der Waals surface area contributed by atoms with Gasteiger partial charge in [0.2, 0.25) is 0 Å². The molecule has 4 nitrogen and oxygen atoms in total. The van der Waals surface area contributed by atoms with Crippen LogP contribution >= 0.6 is 0 Å². The van der Waals surface area contributed by atoms with Gasteiger partial charge in [-0.25, -0.2) is 4.79 Å². The highest BCUT2D eigenvalue weighted by molar-refractivity contribution is 5.89. The molecular weight excluding hydrogens is 228 g/mol. The standard InChI is InChI=1S/C14H20N2O2/c17-10-9-11-5-7-13(8-6-11)16-14(18)15-12-3-1-2-4-12/h5-8,12,17H,1-4,9-10H2,(H2,15,16,18). The lowest BCUT2D eigenvalue weighted by Crippen LogP contribution is -2.36. The first kappa shape index (κ1) is 12.9. The van der Waals surface area contributed by atoms with Gasteiger partial charge in [-0.1, -0.05) is 25.0 Å². The third-order valence-electron chi connectivity index (χ3n) is 3.30. The normalized spacial score (nSPS) is 15.6. The van der Waals surface area contributed by atoms with Gasteiger partial charge in [-0.05, 0) is 37.0 Å². The highest BCUT2D eigenvalue weighted by Crippen LogP contribution is 2.18. The molecular formula is C14H20N2O2. The van der Waals surface area contributed by atoms with Crippen LogP contribution in [0.3, 0.4) is 0 Å². The summed E-state index contributed by atoms with van der Waals surface area (Å²) in [5, 5.41) is 14.6. The molecule has 3 N–H and O–H groups in total. The van der Waals surface area contributed by atoms with Gasteiger partial charge in [-0.15, -0.1) is 0 Å². The lowest BCUT2D eigenvalue weighted by atomic mass is 10.1. The van der Waals surface area contributed by atoms with Crippen LogP contribution < -0.4 is 10.6 Å². The topological polar surface area (TPSA) is 61.4 Å². The molecule has 98 valence electrons. The average molecular weight is 248 g/mol. The van der Waals surface area contributed by atoms with Crippen molar-refractivity contribution in [1.82, 2.24) is 5.32 Å². The molecule has 0 radical (unpaired) electrons. The minimum atomic E-state index is -0.128. The SMILES string of the molecule is O=C(Nc1ccc(CCO)cc1)NC1CCCC1. The highest BCUT2D eigenvalue weighted by atomic mass is 16.3. The van der Waals surface area contributed by atoms with Gasteiger partial charge in [0.1, 0.15) is 0 Å². The van der Waals surface area contributed by atoms with Gasteiger partial charge in [0, 0.05) is 18.3 Å². The molecule has 0 aromatic heterocycles. The van der Waals surface area contributed by atoms with Crippen molar-refractivity contribution in [2.75, 3.05) is 11.9 Å². The quantitative estimate of drug-likeness (QED) is 0.765. The fourth-order valence-electron chi connectivity index (χ4n) is 2.31. The molecule has 1 fully saturated rings. The Balaban J connectivity index is 1.82. The van der Waals surface area contributed by atoms with E-state index in [0.29, 0.717) is 12.5 Å². The number of carbonyl (C=O) groups excluding carboxylic acids is 1. The van der Waals surface area contributed by atoms with Crippen molar-refractivity contribution in [3.63, 3.8) is 0 Å². The molecule has 2 amide bonds. The van der Waals surface area contributed by atoms with E-state index in [2.05, 4.69) is 10.6 Å². The molecule has 0 unspecified atom stereocenters. The van der Waals surface area contributed by atoms with E-state index in [1.807, 2.05) is 24.3 Å². The molecule has 2 rings (SSSR count). The smallest absolute Gasteiger partial charge is 0.319 e. The molecule has 1 saturated carbocycles. The number of hydrogen-bond acceptors (Lipinski definition) is 2. The third-order valence-corrected chi connectivity index (χ3v) is 3.30. The number of carbonyl (C=O) groups is 1. The Morgan fingerprint density at radius 1 is 1.22 bits per heavy atom. The Morgan fingerprint density at radius 3 is 2.50 bits per heavy atom. The summed E-state index contributed by atoms with van der Waals surface area (Å²) in [4.78, 5) is 11.7. The fourth-order valence-corrected chi connectivity index (χ4v) is 2.31. The maximum atomic E-state index is 11.7. The van der Waals surface area contributed by atoms with Gasteiger partial charge in [0.05, 0.1) is 0 Å². The molecule has 0 spiro atoms. The molecule has 0 bridgehead atoms. The van der Waals surface area contributed by atoms with Crippen LogP contribution in [0.2, 0.25) is 0 Å². The molecule has 0 aliphatic heterocycles. The van der Waals surface area contributed by atoms with Crippen molar-refractivity contribution in [1.29, 1.82) is 0 Å². The minimum absolute atomic E-state index is 0.128. The van der Waals surface area contributed by atoms with E-state index in [4.69, 9.17) is 5.11 Å². The number of amides is 2. The summed E-state index contributed by atoms with van der Waals surface area (Å²) in [6.45, 7) is 0.148. The predicted molar refractivity (Wildman–Crippen MR) is 71.6 cm³/mol.